The fourth-order valence-corrected chi connectivity index (χ4v) is 5.67. The Hall–Kier alpha value is -3.74. The minimum atomic E-state index is -4.09. The third kappa shape index (κ3) is 7.88. The van der Waals surface area contributed by atoms with Crippen molar-refractivity contribution in [1.82, 2.24) is 10.1 Å². The van der Waals surface area contributed by atoms with Crippen molar-refractivity contribution in [2.75, 3.05) is 7.11 Å². The average molecular weight is 574 g/mol. The maximum absolute atomic E-state index is 12.8. The zero-order valence-corrected chi connectivity index (χ0v) is 23.8. The zero-order chi connectivity index (χ0) is 28.8. The minimum Gasteiger partial charge on any atom is -0.493 e. The molecule has 2 N–H and O–H groups in total. The molecule has 0 fully saturated rings. The second-order valence-corrected chi connectivity index (χ2v) is 12.4. The molecule has 10 nitrogen and oxygen atoms in total. The number of methoxy groups -OCH3 is 1. The van der Waals surface area contributed by atoms with Gasteiger partial charge in [0.1, 0.15) is 10.9 Å². The van der Waals surface area contributed by atoms with Crippen LogP contribution in [0.1, 0.15) is 30.5 Å². The van der Waals surface area contributed by atoms with Gasteiger partial charge in [0, 0.05) is 0 Å². The number of carbonyl (C=O) groups is 1. The summed E-state index contributed by atoms with van der Waals surface area (Å²) in [5.41, 5.74) is 4.63. The molecule has 12 heteroatoms. The van der Waals surface area contributed by atoms with Crippen LogP contribution < -0.4 is 19.1 Å². The molecule has 0 aliphatic rings. The van der Waals surface area contributed by atoms with Gasteiger partial charge in [0.2, 0.25) is 10.0 Å². The summed E-state index contributed by atoms with van der Waals surface area (Å²) in [6, 6.07) is 15.8. The molecule has 0 saturated carbocycles. The average Bonchev–Trinajstić information content (AvgIpc) is 2.88. The molecule has 0 aromatic heterocycles. The van der Waals surface area contributed by atoms with Gasteiger partial charge >= 0.3 is 10.1 Å². The summed E-state index contributed by atoms with van der Waals surface area (Å²) in [5, 5.41) is 3.92. The molecule has 0 radical (unpaired) electrons. The zero-order valence-electron chi connectivity index (χ0n) is 22.2. The van der Waals surface area contributed by atoms with E-state index in [1.54, 1.807) is 38.1 Å². The van der Waals surface area contributed by atoms with Crippen LogP contribution in [0.25, 0.3) is 0 Å². The van der Waals surface area contributed by atoms with E-state index in [4.69, 9.17) is 8.92 Å². The van der Waals surface area contributed by atoms with Crippen LogP contribution in [0, 0.1) is 19.8 Å². The lowest BCUT2D eigenvalue weighted by Gasteiger charge is -2.20. The van der Waals surface area contributed by atoms with Gasteiger partial charge in [0.05, 0.1) is 18.2 Å². The molecule has 39 heavy (non-hydrogen) atoms. The summed E-state index contributed by atoms with van der Waals surface area (Å²) in [6.45, 7) is 7.10. The lowest BCUT2D eigenvalue weighted by atomic mass is 10.1. The third-order valence-corrected chi connectivity index (χ3v) is 8.35. The van der Waals surface area contributed by atoms with E-state index in [0.717, 1.165) is 11.1 Å². The number of benzene rings is 3. The molecule has 0 bridgehead atoms. The summed E-state index contributed by atoms with van der Waals surface area (Å²) in [6.07, 6.45) is 1.31. The maximum atomic E-state index is 12.8. The first kappa shape index (κ1) is 29.8. The van der Waals surface area contributed by atoms with Gasteiger partial charge in [-0.25, -0.2) is 13.8 Å². The molecule has 0 spiro atoms. The molecule has 0 aliphatic carbocycles. The van der Waals surface area contributed by atoms with Crippen LogP contribution in [0.2, 0.25) is 0 Å². The molecule has 0 unspecified atom stereocenters. The standard InChI is InChI=1S/C27H31N3O7S2/c1-18(2)26(30-38(32,33)22-11-6-19(3)7-12-22)27(31)29-28-17-21-10-15-24(25(16-21)36-5)37-39(34,35)23-13-8-20(4)9-14-23/h6-18,26,30H,1-5H3,(H,29,31)/b28-17-/t26-/m0/s1. The molecule has 3 aromatic rings. The number of ether oxygens (including phenoxy) is 1. The number of amides is 1. The molecule has 1 amide bonds. The van der Waals surface area contributed by atoms with Gasteiger partial charge in [0.25, 0.3) is 5.91 Å². The highest BCUT2D eigenvalue weighted by molar-refractivity contribution is 7.89. The topological polar surface area (TPSA) is 140 Å². The van der Waals surface area contributed by atoms with E-state index in [1.165, 1.54) is 55.8 Å². The lowest BCUT2D eigenvalue weighted by molar-refractivity contribution is -0.123. The van der Waals surface area contributed by atoms with Crippen molar-refractivity contribution in [3.8, 4) is 11.5 Å². The van der Waals surface area contributed by atoms with Gasteiger partial charge in [-0.1, -0.05) is 49.2 Å². The molecular weight excluding hydrogens is 542 g/mol. The van der Waals surface area contributed by atoms with Crippen LogP contribution in [-0.2, 0) is 24.9 Å². The first-order valence-electron chi connectivity index (χ1n) is 11.9. The minimum absolute atomic E-state index is 0.00112. The molecular formula is C27H31N3O7S2. The monoisotopic (exact) mass is 573 g/mol. The summed E-state index contributed by atoms with van der Waals surface area (Å²) in [4.78, 5) is 12.8. The van der Waals surface area contributed by atoms with Crippen LogP contribution >= 0.6 is 0 Å². The van der Waals surface area contributed by atoms with Crippen LogP contribution in [0.3, 0.4) is 0 Å². The summed E-state index contributed by atoms with van der Waals surface area (Å²) >= 11 is 0. The van der Waals surface area contributed by atoms with E-state index in [9.17, 15) is 21.6 Å². The molecule has 0 heterocycles. The SMILES string of the molecule is COc1cc(/C=N\NC(=O)[C@@H](NS(=O)(=O)c2ccc(C)cc2)C(C)C)ccc1OS(=O)(=O)c1ccc(C)cc1. The maximum Gasteiger partial charge on any atom is 0.339 e. The summed E-state index contributed by atoms with van der Waals surface area (Å²) in [5.74, 6) is -0.906. The number of hydrazone groups is 1. The van der Waals surface area contributed by atoms with Gasteiger partial charge in [-0.2, -0.15) is 18.2 Å². The summed E-state index contributed by atoms with van der Waals surface area (Å²) < 4.78 is 63.8. The van der Waals surface area contributed by atoms with Crippen molar-refractivity contribution in [3.05, 3.63) is 83.4 Å². The normalized spacial score (nSPS) is 12.9. The van der Waals surface area contributed by atoms with E-state index in [1.807, 2.05) is 13.8 Å². The molecule has 3 rings (SSSR count). The van der Waals surface area contributed by atoms with Crippen molar-refractivity contribution >= 4 is 32.3 Å². The van der Waals surface area contributed by atoms with Crippen molar-refractivity contribution < 1.29 is 30.6 Å². The van der Waals surface area contributed by atoms with E-state index < -0.39 is 32.1 Å². The number of carbonyl (C=O) groups excluding carboxylic acids is 1. The predicted octanol–water partition coefficient (Wildman–Crippen LogP) is 3.53. The highest BCUT2D eigenvalue weighted by atomic mass is 32.2. The molecule has 3 aromatic carbocycles. The largest absolute Gasteiger partial charge is 0.493 e. The first-order valence-corrected chi connectivity index (χ1v) is 14.8. The van der Waals surface area contributed by atoms with Crippen molar-refractivity contribution in [2.24, 2.45) is 11.0 Å². The van der Waals surface area contributed by atoms with Crippen LogP contribution in [0.4, 0.5) is 0 Å². The molecule has 0 saturated heterocycles. The van der Waals surface area contributed by atoms with E-state index in [-0.39, 0.29) is 27.2 Å². The van der Waals surface area contributed by atoms with Crippen molar-refractivity contribution in [2.45, 2.75) is 43.5 Å². The predicted molar refractivity (Wildman–Crippen MR) is 148 cm³/mol. The number of nitrogens with zero attached hydrogens (tertiary/aromatic N) is 1. The number of rotatable bonds is 11. The highest BCUT2D eigenvalue weighted by Crippen LogP contribution is 2.30. The van der Waals surface area contributed by atoms with Gasteiger partial charge in [0.15, 0.2) is 11.5 Å². The van der Waals surface area contributed by atoms with Crippen molar-refractivity contribution in [1.29, 1.82) is 0 Å². The van der Waals surface area contributed by atoms with Gasteiger partial charge < -0.3 is 8.92 Å². The second kappa shape index (κ2) is 12.4. The Kier molecular flexibility index (Phi) is 9.49. The van der Waals surface area contributed by atoms with Gasteiger partial charge in [-0.15, -0.1) is 0 Å². The van der Waals surface area contributed by atoms with E-state index >= 15 is 0 Å². The number of nitrogens with one attached hydrogen (secondary N) is 2. The summed E-state index contributed by atoms with van der Waals surface area (Å²) in [7, 11) is -6.66. The van der Waals surface area contributed by atoms with Crippen LogP contribution in [0.5, 0.6) is 11.5 Å². The fraction of sp³-hybridized carbons (Fsp3) is 0.259. The van der Waals surface area contributed by atoms with Gasteiger partial charge in [-0.05, 0) is 67.8 Å². The first-order chi connectivity index (χ1) is 18.3. The molecule has 208 valence electrons. The van der Waals surface area contributed by atoms with E-state index in [2.05, 4.69) is 15.2 Å². The second-order valence-electron chi connectivity index (χ2n) is 9.15. The van der Waals surface area contributed by atoms with Gasteiger partial charge in [-0.3, -0.25) is 4.79 Å². The molecule has 1 atom stereocenters. The van der Waals surface area contributed by atoms with Crippen LogP contribution in [-0.4, -0.2) is 42.1 Å². The Morgan fingerprint density at radius 1 is 0.846 bits per heavy atom. The number of aryl methyl sites for hydroxylation is 2. The Labute approximate surface area is 229 Å². The third-order valence-electron chi connectivity index (χ3n) is 5.65. The quantitative estimate of drug-likeness (QED) is 0.203. The number of hydrogen-bond donors (Lipinski definition) is 2. The highest BCUT2D eigenvalue weighted by Gasteiger charge is 2.28. The lowest BCUT2D eigenvalue weighted by Crippen LogP contribution is -2.48. The number of sulfonamides is 1. The number of hydrogen-bond acceptors (Lipinski definition) is 8. The van der Waals surface area contributed by atoms with Crippen LogP contribution in [0.15, 0.2) is 81.6 Å². The van der Waals surface area contributed by atoms with Crippen molar-refractivity contribution in [3.63, 3.8) is 0 Å². The molecule has 0 aliphatic heterocycles. The Morgan fingerprint density at radius 2 is 1.41 bits per heavy atom. The Morgan fingerprint density at radius 3 is 1.95 bits per heavy atom. The fourth-order valence-electron chi connectivity index (χ4n) is 3.39. The Bertz CT molecular complexity index is 1550. The van der Waals surface area contributed by atoms with E-state index in [0.29, 0.717) is 5.56 Å². The smallest absolute Gasteiger partial charge is 0.339 e. The Balaban J connectivity index is 1.70.